The summed E-state index contributed by atoms with van der Waals surface area (Å²) in [6.45, 7) is 0.574. The lowest BCUT2D eigenvalue weighted by molar-refractivity contribution is 0.190. The first kappa shape index (κ1) is 17.6. The van der Waals surface area contributed by atoms with Gasteiger partial charge in [-0.15, -0.1) is 0 Å². The zero-order valence-electron chi connectivity index (χ0n) is 15.9. The second kappa shape index (κ2) is 5.99. The number of hydrogen-bond donors (Lipinski definition) is 1. The van der Waals surface area contributed by atoms with Crippen LogP contribution in [0.1, 0.15) is 6.42 Å². The quantitative estimate of drug-likeness (QED) is 0.463. The molecule has 8 heteroatoms. The van der Waals surface area contributed by atoms with Gasteiger partial charge in [-0.05, 0) is 12.5 Å². The first-order valence-corrected chi connectivity index (χ1v) is 9.25. The van der Waals surface area contributed by atoms with Crippen LogP contribution in [-0.2, 0) is 18.3 Å². The summed E-state index contributed by atoms with van der Waals surface area (Å²) in [6.07, 6.45) is 0.480. The minimum atomic E-state index is -0.568. The normalized spacial score (nSPS) is 12.2. The topological polar surface area (TPSA) is 103 Å². The molecule has 0 aliphatic rings. The first-order valence-electron chi connectivity index (χ1n) is 9.25. The van der Waals surface area contributed by atoms with Crippen LogP contribution < -0.4 is 22.2 Å². The second-order valence-electron chi connectivity index (χ2n) is 7.20. The van der Waals surface area contributed by atoms with Gasteiger partial charge in [0.2, 0.25) is 0 Å². The van der Waals surface area contributed by atoms with Gasteiger partial charge in [0.15, 0.2) is 0 Å². The Kier molecular flexibility index (Phi) is 3.63. The smallest absolute Gasteiger partial charge is 0.263 e. The zero-order valence-corrected chi connectivity index (χ0v) is 15.9. The van der Waals surface area contributed by atoms with Gasteiger partial charge in [-0.2, -0.15) is 0 Å². The number of benzene rings is 2. The summed E-state index contributed by atoms with van der Waals surface area (Å²) in [5.41, 5.74) is -0.896. The molecule has 8 nitrogen and oxygen atoms in total. The summed E-state index contributed by atoms with van der Waals surface area (Å²) in [5, 5.41) is 1.63. The lowest BCUT2D eigenvalue weighted by atomic mass is 10.0. The van der Waals surface area contributed by atoms with E-state index in [4.69, 9.17) is 4.74 Å². The predicted octanol–water partition coefficient (Wildman–Crippen LogP) is 1.12. The van der Waals surface area contributed by atoms with Crippen LogP contribution >= 0.6 is 0 Å². The van der Waals surface area contributed by atoms with Crippen LogP contribution in [0, 0.1) is 0 Å². The monoisotopic (exact) mass is 391 g/mol. The number of ether oxygens (including phenoxy) is 1. The van der Waals surface area contributed by atoms with Crippen molar-refractivity contribution in [3.05, 3.63) is 65.7 Å². The fourth-order valence-corrected chi connectivity index (χ4v) is 4.30. The maximum Gasteiger partial charge on any atom is 0.263 e. The molecule has 0 atom stereocenters. The van der Waals surface area contributed by atoms with E-state index in [2.05, 4.69) is 4.98 Å². The number of methoxy groups -OCH3 is 1. The van der Waals surface area contributed by atoms with Crippen LogP contribution in [0.25, 0.3) is 43.4 Å². The van der Waals surface area contributed by atoms with Crippen molar-refractivity contribution in [2.45, 2.75) is 13.0 Å². The Morgan fingerprint density at radius 3 is 2.21 bits per heavy atom. The summed E-state index contributed by atoms with van der Waals surface area (Å²) >= 11 is 0. The van der Waals surface area contributed by atoms with Gasteiger partial charge in [0.05, 0.1) is 27.1 Å². The average Bonchev–Trinajstić information content (AvgIpc) is 3.29. The van der Waals surface area contributed by atoms with Gasteiger partial charge in [-0.3, -0.25) is 28.3 Å². The fourth-order valence-electron chi connectivity index (χ4n) is 4.30. The molecule has 0 spiro atoms. The van der Waals surface area contributed by atoms with Crippen LogP contribution in [-0.4, -0.2) is 27.8 Å². The molecule has 3 heterocycles. The number of fused-ring (bicyclic) bond motifs is 8. The number of rotatable bonds is 4. The van der Waals surface area contributed by atoms with Crippen molar-refractivity contribution < 1.29 is 4.74 Å². The number of hydrogen-bond acceptors (Lipinski definition) is 5. The SMILES string of the molecule is COCCCn1c(=O)c2c3c(=O)n(C)c(=O)c3c3[nH]c4ccccc4c3c2c1=O. The van der Waals surface area contributed by atoms with E-state index in [1.165, 1.54) is 7.05 Å². The second-order valence-corrected chi connectivity index (χ2v) is 7.20. The highest BCUT2D eigenvalue weighted by atomic mass is 16.5. The highest BCUT2D eigenvalue weighted by molar-refractivity contribution is 6.31. The summed E-state index contributed by atoms with van der Waals surface area (Å²) in [5.74, 6) is 0. The van der Waals surface area contributed by atoms with Crippen LogP contribution in [0.2, 0.25) is 0 Å². The molecule has 0 saturated carbocycles. The van der Waals surface area contributed by atoms with E-state index in [0.29, 0.717) is 23.9 Å². The molecule has 0 amide bonds. The Morgan fingerprint density at radius 1 is 0.862 bits per heavy atom. The van der Waals surface area contributed by atoms with Crippen LogP contribution in [0.15, 0.2) is 43.4 Å². The standard InChI is InChI=1S/C21H17N3O5/c1-23-18(25)15-14-13(20(27)24(21(14)28)8-5-9-29-2)12-10-6-3-4-7-11(10)22-17(12)16(15)19(23)26/h3-4,6-7,22H,5,8-9H2,1-2H3. The summed E-state index contributed by atoms with van der Waals surface area (Å²) in [6, 6.07) is 7.32. The Hall–Kier alpha value is -3.52. The summed E-state index contributed by atoms with van der Waals surface area (Å²) in [4.78, 5) is 55.3. The third-order valence-corrected chi connectivity index (χ3v) is 5.64. The third-order valence-electron chi connectivity index (χ3n) is 5.64. The largest absolute Gasteiger partial charge is 0.385 e. The summed E-state index contributed by atoms with van der Waals surface area (Å²) in [7, 11) is 2.92. The molecule has 0 radical (unpaired) electrons. The van der Waals surface area contributed by atoms with Gasteiger partial charge in [-0.1, -0.05) is 18.2 Å². The number of aromatic amines is 1. The van der Waals surface area contributed by atoms with Crippen molar-refractivity contribution in [3.63, 3.8) is 0 Å². The molecule has 5 aromatic rings. The molecule has 0 unspecified atom stereocenters. The molecule has 0 saturated heterocycles. The van der Waals surface area contributed by atoms with E-state index >= 15 is 0 Å². The Balaban J connectivity index is 2.12. The molecule has 3 aromatic heterocycles. The first-order chi connectivity index (χ1) is 14.0. The Morgan fingerprint density at radius 2 is 1.48 bits per heavy atom. The van der Waals surface area contributed by atoms with Gasteiger partial charge in [0.25, 0.3) is 22.2 Å². The lowest BCUT2D eigenvalue weighted by Gasteiger charge is -1.98. The molecule has 29 heavy (non-hydrogen) atoms. The van der Waals surface area contributed by atoms with Crippen molar-refractivity contribution in [2.24, 2.45) is 7.05 Å². The van der Waals surface area contributed by atoms with E-state index in [1.807, 2.05) is 24.3 Å². The van der Waals surface area contributed by atoms with E-state index < -0.39 is 22.2 Å². The van der Waals surface area contributed by atoms with E-state index in [-0.39, 0.29) is 28.1 Å². The molecule has 146 valence electrons. The predicted molar refractivity (Wildman–Crippen MR) is 112 cm³/mol. The zero-order chi connectivity index (χ0) is 20.4. The van der Waals surface area contributed by atoms with Gasteiger partial charge < -0.3 is 9.72 Å². The van der Waals surface area contributed by atoms with E-state index in [1.54, 1.807) is 7.11 Å². The Labute approximate surface area is 162 Å². The van der Waals surface area contributed by atoms with E-state index in [9.17, 15) is 19.2 Å². The average molecular weight is 391 g/mol. The van der Waals surface area contributed by atoms with Gasteiger partial charge in [0, 0.05) is 43.6 Å². The molecular formula is C21H17N3O5. The third kappa shape index (κ3) is 2.11. The lowest BCUT2D eigenvalue weighted by Crippen LogP contribution is -2.26. The van der Waals surface area contributed by atoms with Crippen molar-refractivity contribution in [3.8, 4) is 0 Å². The molecule has 0 aliphatic heterocycles. The van der Waals surface area contributed by atoms with Gasteiger partial charge in [0.1, 0.15) is 0 Å². The number of aromatic nitrogens is 3. The maximum absolute atomic E-state index is 13.3. The van der Waals surface area contributed by atoms with Crippen molar-refractivity contribution in [1.29, 1.82) is 0 Å². The molecule has 0 bridgehead atoms. The molecule has 2 aromatic carbocycles. The number of para-hydroxylation sites is 1. The molecule has 0 fully saturated rings. The van der Waals surface area contributed by atoms with Crippen LogP contribution in [0.4, 0.5) is 0 Å². The highest BCUT2D eigenvalue weighted by Gasteiger charge is 2.27. The fraction of sp³-hybridized carbons (Fsp3) is 0.238. The summed E-state index contributed by atoms with van der Waals surface area (Å²) < 4.78 is 7.15. The molecule has 0 aliphatic carbocycles. The molecule has 1 N–H and O–H groups in total. The van der Waals surface area contributed by atoms with Gasteiger partial charge in [-0.25, -0.2) is 0 Å². The maximum atomic E-state index is 13.3. The minimum Gasteiger partial charge on any atom is -0.385 e. The molecular weight excluding hydrogens is 374 g/mol. The molecule has 5 rings (SSSR count). The van der Waals surface area contributed by atoms with Crippen LogP contribution in [0.5, 0.6) is 0 Å². The van der Waals surface area contributed by atoms with E-state index in [0.717, 1.165) is 20.0 Å². The van der Waals surface area contributed by atoms with Crippen LogP contribution in [0.3, 0.4) is 0 Å². The Bertz CT molecular complexity index is 1660. The highest BCUT2D eigenvalue weighted by Crippen LogP contribution is 2.34. The van der Waals surface area contributed by atoms with Gasteiger partial charge >= 0.3 is 0 Å². The van der Waals surface area contributed by atoms with Crippen molar-refractivity contribution in [2.75, 3.05) is 13.7 Å². The number of nitrogens with zero attached hydrogens (tertiary/aromatic N) is 2. The van der Waals surface area contributed by atoms with Crippen molar-refractivity contribution >= 4 is 43.4 Å². The number of H-pyrrole nitrogens is 1. The number of nitrogens with one attached hydrogen (secondary N) is 1. The van der Waals surface area contributed by atoms with Crippen molar-refractivity contribution in [1.82, 2.24) is 14.1 Å². The minimum absolute atomic E-state index is 0.0131.